The van der Waals surface area contributed by atoms with Gasteiger partial charge in [0.05, 0.1) is 16.6 Å². The number of fused-ring (bicyclic) bond motifs is 2. The number of pyridine rings is 1. The van der Waals surface area contributed by atoms with E-state index in [1.165, 1.54) is 5.56 Å². The fourth-order valence-electron chi connectivity index (χ4n) is 2.61. The largest absolute Gasteiger partial charge is 0.338 e. The highest BCUT2D eigenvalue weighted by molar-refractivity contribution is 5.94. The lowest BCUT2D eigenvalue weighted by Gasteiger charge is -2.02. The van der Waals surface area contributed by atoms with E-state index in [1.807, 2.05) is 36.5 Å². The molecular weight excluding hydrogens is 246 g/mol. The van der Waals surface area contributed by atoms with Gasteiger partial charge in [-0.1, -0.05) is 30.3 Å². The molecule has 4 aromatic rings. The van der Waals surface area contributed by atoms with Crippen molar-refractivity contribution in [2.45, 2.75) is 6.92 Å². The molecule has 0 unspecified atom stereocenters. The van der Waals surface area contributed by atoms with Gasteiger partial charge in [0.15, 0.2) is 0 Å². The SMILES string of the molecule is Cc1cccc2[nH]c(-c3ccnc4ccccc34)nc12. The molecule has 0 atom stereocenters. The summed E-state index contributed by atoms with van der Waals surface area (Å²) >= 11 is 0. The number of nitrogens with one attached hydrogen (secondary N) is 1. The van der Waals surface area contributed by atoms with E-state index in [-0.39, 0.29) is 0 Å². The predicted octanol–water partition coefficient (Wildman–Crippen LogP) is 4.09. The summed E-state index contributed by atoms with van der Waals surface area (Å²) in [5, 5.41) is 1.12. The number of H-pyrrole nitrogens is 1. The Labute approximate surface area is 116 Å². The Bertz CT molecular complexity index is 916. The Balaban J connectivity index is 2.04. The number of benzene rings is 2. The number of nitrogens with zero attached hydrogens (tertiary/aromatic N) is 2. The molecular formula is C17H13N3. The van der Waals surface area contributed by atoms with Crippen LogP contribution >= 0.6 is 0 Å². The molecule has 0 saturated heterocycles. The summed E-state index contributed by atoms with van der Waals surface area (Å²) in [4.78, 5) is 12.6. The second-order valence-electron chi connectivity index (χ2n) is 4.93. The molecule has 0 radical (unpaired) electrons. The number of rotatable bonds is 1. The van der Waals surface area contributed by atoms with Gasteiger partial charge in [-0.25, -0.2) is 4.98 Å². The van der Waals surface area contributed by atoms with Crippen LogP contribution in [0, 0.1) is 6.92 Å². The minimum Gasteiger partial charge on any atom is -0.338 e. The fraction of sp³-hybridized carbons (Fsp3) is 0.0588. The Morgan fingerprint density at radius 3 is 2.75 bits per heavy atom. The second kappa shape index (κ2) is 4.17. The molecule has 0 aliphatic heterocycles. The number of aryl methyl sites for hydroxylation is 1. The molecule has 96 valence electrons. The molecule has 20 heavy (non-hydrogen) atoms. The third-order valence-electron chi connectivity index (χ3n) is 3.62. The highest BCUT2D eigenvalue weighted by Crippen LogP contribution is 2.27. The van der Waals surface area contributed by atoms with Crippen molar-refractivity contribution < 1.29 is 0 Å². The Hall–Kier alpha value is -2.68. The van der Waals surface area contributed by atoms with Gasteiger partial charge in [0.2, 0.25) is 0 Å². The maximum Gasteiger partial charge on any atom is 0.139 e. The second-order valence-corrected chi connectivity index (χ2v) is 4.93. The quantitative estimate of drug-likeness (QED) is 0.559. The number of aromatic nitrogens is 3. The lowest BCUT2D eigenvalue weighted by molar-refractivity contribution is 1.32. The zero-order valence-electron chi connectivity index (χ0n) is 11.1. The number of hydrogen-bond donors (Lipinski definition) is 1. The van der Waals surface area contributed by atoms with Crippen LogP contribution in [-0.2, 0) is 0 Å². The number of imidazole rings is 1. The summed E-state index contributed by atoms with van der Waals surface area (Å²) < 4.78 is 0. The third kappa shape index (κ3) is 1.60. The molecule has 0 spiro atoms. The first-order valence-corrected chi connectivity index (χ1v) is 6.62. The first-order chi connectivity index (χ1) is 9.83. The van der Waals surface area contributed by atoms with E-state index in [1.54, 1.807) is 0 Å². The molecule has 0 amide bonds. The predicted molar refractivity (Wildman–Crippen MR) is 81.6 cm³/mol. The van der Waals surface area contributed by atoms with E-state index < -0.39 is 0 Å². The van der Waals surface area contributed by atoms with E-state index in [9.17, 15) is 0 Å². The van der Waals surface area contributed by atoms with Crippen LogP contribution in [0.1, 0.15) is 5.56 Å². The molecule has 0 aliphatic rings. The first kappa shape index (κ1) is 11.2. The summed E-state index contributed by atoms with van der Waals surface area (Å²) in [6.45, 7) is 2.08. The lowest BCUT2D eigenvalue weighted by Crippen LogP contribution is -1.85. The van der Waals surface area contributed by atoms with Gasteiger partial charge >= 0.3 is 0 Å². The number of hydrogen-bond acceptors (Lipinski definition) is 2. The molecule has 2 aromatic carbocycles. The van der Waals surface area contributed by atoms with Gasteiger partial charge in [0.25, 0.3) is 0 Å². The highest BCUT2D eigenvalue weighted by Gasteiger charge is 2.09. The maximum absolute atomic E-state index is 4.75. The van der Waals surface area contributed by atoms with Gasteiger partial charge in [0, 0.05) is 17.1 Å². The van der Waals surface area contributed by atoms with Crippen LogP contribution in [0.5, 0.6) is 0 Å². The average Bonchev–Trinajstić information content (AvgIpc) is 2.92. The average molecular weight is 259 g/mol. The normalized spacial score (nSPS) is 11.2. The molecule has 2 heterocycles. The van der Waals surface area contributed by atoms with Crippen molar-refractivity contribution in [3.05, 3.63) is 60.3 Å². The maximum atomic E-state index is 4.75. The van der Waals surface area contributed by atoms with Crippen molar-refractivity contribution in [1.29, 1.82) is 0 Å². The van der Waals surface area contributed by atoms with E-state index in [4.69, 9.17) is 4.98 Å². The zero-order chi connectivity index (χ0) is 13.5. The summed E-state index contributed by atoms with van der Waals surface area (Å²) in [6, 6.07) is 16.3. The summed E-state index contributed by atoms with van der Waals surface area (Å²) in [5.74, 6) is 0.896. The van der Waals surface area contributed by atoms with Crippen molar-refractivity contribution in [1.82, 2.24) is 15.0 Å². The standard InChI is InChI=1S/C17H13N3/c1-11-5-4-8-15-16(11)20-17(19-15)13-9-10-18-14-7-3-2-6-12(13)14/h2-10H,1H3,(H,19,20). The van der Waals surface area contributed by atoms with Crippen molar-refractivity contribution >= 4 is 21.9 Å². The lowest BCUT2D eigenvalue weighted by atomic mass is 10.1. The Kier molecular flexibility index (Phi) is 2.33. The molecule has 2 aromatic heterocycles. The molecule has 1 N–H and O–H groups in total. The summed E-state index contributed by atoms with van der Waals surface area (Å²) in [6.07, 6.45) is 1.83. The van der Waals surface area contributed by atoms with Gasteiger partial charge in [-0.2, -0.15) is 0 Å². The van der Waals surface area contributed by atoms with E-state index in [2.05, 4.69) is 35.1 Å². The van der Waals surface area contributed by atoms with Crippen LogP contribution in [0.15, 0.2) is 54.7 Å². The monoisotopic (exact) mass is 259 g/mol. The molecule has 0 fully saturated rings. The Morgan fingerprint density at radius 1 is 0.950 bits per heavy atom. The van der Waals surface area contributed by atoms with Crippen LogP contribution < -0.4 is 0 Å². The van der Waals surface area contributed by atoms with Crippen LogP contribution in [-0.4, -0.2) is 15.0 Å². The van der Waals surface area contributed by atoms with Gasteiger partial charge in [-0.05, 0) is 30.7 Å². The minimum atomic E-state index is 0.896. The van der Waals surface area contributed by atoms with E-state index in [0.717, 1.165) is 33.3 Å². The van der Waals surface area contributed by atoms with Crippen molar-refractivity contribution in [2.75, 3.05) is 0 Å². The zero-order valence-corrected chi connectivity index (χ0v) is 11.1. The summed E-state index contributed by atoms with van der Waals surface area (Å²) in [5.41, 5.74) is 5.36. The van der Waals surface area contributed by atoms with Crippen LogP contribution in [0.4, 0.5) is 0 Å². The highest BCUT2D eigenvalue weighted by atomic mass is 14.9. The van der Waals surface area contributed by atoms with Gasteiger partial charge in [0.1, 0.15) is 5.82 Å². The molecule has 3 heteroatoms. The van der Waals surface area contributed by atoms with Crippen molar-refractivity contribution in [2.24, 2.45) is 0 Å². The van der Waals surface area contributed by atoms with Crippen LogP contribution in [0.2, 0.25) is 0 Å². The third-order valence-corrected chi connectivity index (χ3v) is 3.62. The summed E-state index contributed by atoms with van der Waals surface area (Å²) in [7, 11) is 0. The number of para-hydroxylation sites is 2. The van der Waals surface area contributed by atoms with Gasteiger partial charge < -0.3 is 4.98 Å². The minimum absolute atomic E-state index is 0.896. The topological polar surface area (TPSA) is 41.6 Å². The van der Waals surface area contributed by atoms with E-state index in [0.29, 0.717) is 0 Å². The molecule has 3 nitrogen and oxygen atoms in total. The van der Waals surface area contributed by atoms with Gasteiger partial charge in [-0.15, -0.1) is 0 Å². The van der Waals surface area contributed by atoms with Crippen LogP contribution in [0.3, 0.4) is 0 Å². The molecule has 0 saturated carbocycles. The first-order valence-electron chi connectivity index (χ1n) is 6.62. The van der Waals surface area contributed by atoms with Crippen molar-refractivity contribution in [3.63, 3.8) is 0 Å². The fourth-order valence-corrected chi connectivity index (χ4v) is 2.61. The van der Waals surface area contributed by atoms with E-state index >= 15 is 0 Å². The molecule has 0 bridgehead atoms. The molecule has 4 rings (SSSR count). The smallest absolute Gasteiger partial charge is 0.139 e. The van der Waals surface area contributed by atoms with Crippen molar-refractivity contribution in [3.8, 4) is 11.4 Å². The Morgan fingerprint density at radius 2 is 1.85 bits per heavy atom. The number of aromatic amines is 1. The molecule has 0 aliphatic carbocycles. The van der Waals surface area contributed by atoms with Gasteiger partial charge in [-0.3, -0.25) is 4.98 Å². The van der Waals surface area contributed by atoms with Crippen LogP contribution in [0.25, 0.3) is 33.3 Å².